The van der Waals surface area contributed by atoms with Crippen LogP contribution in [0.15, 0.2) is 0 Å². The number of hydrogen-bond acceptors (Lipinski definition) is 0. The Balaban J connectivity index is 3.02. The minimum Gasteiger partial charge on any atom is -0.137 e. The van der Waals surface area contributed by atoms with Gasteiger partial charge in [-0.1, -0.05) is 0 Å². The topological polar surface area (TPSA) is 0 Å². The van der Waals surface area contributed by atoms with Gasteiger partial charge < -0.3 is 0 Å². The Kier molecular flexibility index (Phi) is 1.37. The van der Waals surface area contributed by atoms with Gasteiger partial charge in [0.1, 0.15) is 0 Å². The van der Waals surface area contributed by atoms with Gasteiger partial charge in [0.15, 0.2) is 0 Å². The van der Waals surface area contributed by atoms with Gasteiger partial charge in [-0.25, -0.2) is 0 Å². The largest absolute Gasteiger partial charge is 0.137 e. The molecule has 0 aromatic heterocycles. The Bertz CT molecular complexity index is 19.1. The van der Waals surface area contributed by atoms with Crippen molar-refractivity contribution in [2.45, 2.75) is 0 Å². The zero-order valence-corrected chi connectivity index (χ0v) is 5.34. The molecule has 0 aliphatic carbocycles. The quantitative estimate of drug-likeness (QED) is 0.396. The first-order valence-corrected chi connectivity index (χ1v) is 5.37. The van der Waals surface area contributed by atoms with Gasteiger partial charge in [-0.15, -0.1) is 7.26 Å². The van der Waals surface area contributed by atoms with Crippen LogP contribution in [-0.4, -0.2) is 26.7 Å². The SMILES string of the molecule is C[P](C)(C)C. The molecular formula is C4H12P. The Morgan fingerprint density at radius 3 is 0.800 bits per heavy atom. The Morgan fingerprint density at radius 1 is 0.800 bits per heavy atom. The normalized spacial score (nSPS) is 12.0. The summed E-state index contributed by atoms with van der Waals surface area (Å²) in [5, 5.41) is 0. The summed E-state index contributed by atoms with van der Waals surface area (Å²) in [5.41, 5.74) is 0. The van der Waals surface area contributed by atoms with E-state index in [1.807, 2.05) is 0 Å². The molecule has 0 nitrogen and oxygen atoms in total. The molecule has 0 spiro atoms. The second-order valence-corrected chi connectivity index (χ2v) is 8.05. The summed E-state index contributed by atoms with van der Waals surface area (Å²) in [7, 11) is -0.389. The van der Waals surface area contributed by atoms with Crippen molar-refractivity contribution in [1.82, 2.24) is 0 Å². The van der Waals surface area contributed by atoms with Crippen LogP contribution in [0.5, 0.6) is 0 Å². The Hall–Kier alpha value is 0.430. The van der Waals surface area contributed by atoms with Gasteiger partial charge in [-0.05, 0) is 26.7 Å². The van der Waals surface area contributed by atoms with Gasteiger partial charge in [-0.3, -0.25) is 0 Å². The van der Waals surface area contributed by atoms with Crippen LogP contribution in [-0.2, 0) is 0 Å². The highest BCUT2D eigenvalue weighted by Gasteiger charge is 1.91. The van der Waals surface area contributed by atoms with Gasteiger partial charge in [0.25, 0.3) is 0 Å². The lowest BCUT2D eigenvalue weighted by molar-refractivity contribution is 1.95. The summed E-state index contributed by atoms with van der Waals surface area (Å²) >= 11 is 0. The first-order valence-electron chi connectivity index (χ1n) is 1.79. The van der Waals surface area contributed by atoms with Crippen molar-refractivity contribution in [3.8, 4) is 0 Å². The molecule has 0 saturated heterocycles. The average molecular weight is 91.1 g/mol. The maximum Gasteiger partial charge on any atom is -0.0485 e. The molecule has 0 rings (SSSR count). The molecule has 1 radical (unpaired) electrons. The summed E-state index contributed by atoms with van der Waals surface area (Å²) in [6.07, 6.45) is 0. The Morgan fingerprint density at radius 2 is 0.800 bits per heavy atom. The molecule has 0 atom stereocenters. The van der Waals surface area contributed by atoms with Gasteiger partial charge in [0.05, 0.1) is 0 Å². The maximum absolute atomic E-state index is 2.30. The molecule has 0 fully saturated rings. The predicted molar refractivity (Wildman–Crippen MR) is 30.6 cm³/mol. The fourth-order valence-corrected chi connectivity index (χ4v) is 0. The fraction of sp³-hybridized carbons (Fsp3) is 1.00. The minimum atomic E-state index is -0.389. The van der Waals surface area contributed by atoms with Crippen LogP contribution in [0.25, 0.3) is 0 Å². The molecule has 0 aromatic carbocycles. The molecule has 0 saturated carbocycles. The second kappa shape index (κ2) is 1.26. The third-order valence-corrected chi connectivity index (χ3v) is 0. The van der Waals surface area contributed by atoms with Gasteiger partial charge in [-0.2, -0.15) is 0 Å². The fourth-order valence-electron chi connectivity index (χ4n) is 0. The van der Waals surface area contributed by atoms with Crippen molar-refractivity contribution in [1.29, 1.82) is 0 Å². The molecule has 0 amide bonds. The van der Waals surface area contributed by atoms with Crippen molar-refractivity contribution < 1.29 is 0 Å². The number of rotatable bonds is 0. The van der Waals surface area contributed by atoms with E-state index in [4.69, 9.17) is 0 Å². The summed E-state index contributed by atoms with van der Waals surface area (Å²) in [4.78, 5) is 0. The summed E-state index contributed by atoms with van der Waals surface area (Å²) in [5.74, 6) is 0. The summed E-state index contributed by atoms with van der Waals surface area (Å²) < 4.78 is 0. The second-order valence-electron chi connectivity index (χ2n) is 2.68. The summed E-state index contributed by atoms with van der Waals surface area (Å²) in [6.45, 7) is 9.19. The van der Waals surface area contributed by atoms with Crippen LogP contribution in [0.2, 0.25) is 0 Å². The lowest BCUT2D eigenvalue weighted by Crippen LogP contribution is -1.74. The minimum absolute atomic E-state index is 0.389. The highest BCUT2D eigenvalue weighted by molar-refractivity contribution is 7.72. The Labute approximate surface area is 34.9 Å². The van der Waals surface area contributed by atoms with E-state index in [1.54, 1.807) is 0 Å². The van der Waals surface area contributed by atoms with Crippen LogP contribution in [0.3, 0.4) is 0 Å². The van der Waals surface area contributed by atoms with Gasteiger partial charge >= 0.3 is 0 Å². The van der Waals surface area contributed by atoms with Crippen LogP contribution in [0.1, 0.15) is 0 Å². The van der Waals surface area contributed by atoms with Crippen molar-refractivity contribution in [3.63, 3.8) is 0 Å². The molecule has 0 heterocycles. The predicted octanol–water partition coefficient (Wildman–Crippen LogP) is 1.52. The number of hydrogen-bond donors (Lipinski definition) is 0. The molecule has 0 aliphatic heterocycles. The van der Waals surface area contributed by atoms with Gasteiger partial charge in [0.2, 0.25) is 0 Å². The van der Waals surface area contributed by atoms with Gasteiger partial charge in [0, 0.05) is 0 Å². The van der Waals surface area contributed by atoms with Crippen molar-refractivity contribution in [2.75, 3.05) is 26.7 Å². The smallest absolute Gasteiger partial charge is 0.0485 e. The van der Waals surface area contributed by atoms with Crippen LogP contribution in [0.4, 0.5) is 0 Å². The molecule has 0 aliphatic rings. The lowest BCUT2D eigenvalue weighted by Gasteiger charge is -2.09. The standard InChI is InChI=1S/C4H12P/c1-5(2,3)4/h1-4H3. The molecule has 33 valence electrons. The maximum atomic E-state index is 2.30. The van der Waals surface area contributed by atoms with E-state index in [-0.39, 0.29) is 7.26 Å². The molecule has 1 heteroatoms. The lowest BCUT2D eigenvalue weighted by atomic mass is 11.8. The third-order valence-electron chi connectivity index (χ3n) is 0. The van der Waals surface area contributed by atoms with Crippen LogP contribution in [0, 0.1) is 0 Å². The highest BCUT2D eigenvalue weighted by Crippen LogP contribution is 2.40. The molecule has 0 unspecified atom stereocenters. The highest BCUT2D eigenvalue weighted by atomic mass is 31.2. The van der Waals surface area contributed by atoms with E-state index in [2.05, 4.69) is 26.7 Å². The molecule has 0 aromatic rings. The zero-order chi connectivity index (χ0) is 4.50. The van der Waals surface area contributed by atoms with Crippen LogP contribution < -0.4 is 0 Å². The van der Waals surface area contributed by atoms with E-state index in [0.717, 1.165) is 0 Å². The molecular weight excluding hydrogens is 79.0 g/mol. The first kappa shape index (κ1) is 5.43. The average Bonchev–Trinajstić information content (AvgIpc) is 0.722. The van der Waals surface area contributed by atoms with E-state index < -0.39 is 0 Å². The van der Waals surface area contributed by atoms with E-state index in [9.17, 15) is 0 Å². The van der Waals surface area contributed by atoms with E-state index in [1.165, 1.54) is 0 Å². The van der Waals surface area contributed by atoms with E-state index >= 15 is 0 Å². The van der Waals surface area contributed by atoms with E-state index in [0.29, 0.717) is 0 Å². The van der Waals surface area contributed by atoms with Crippen molar-refractivity contribution in [3.05, 3.63) is 0 Å². The molecule has 0 N–H and O–H groups in total. The monoisotopic (exact) mass is 91.1 g/mol. The van der Waals surface area contributed by atoms with Crippen molar-refractivity contribution >= 4 is 7.26 Å². The molecule has 0 bridgehead atoms. The van der Waals surface area contributed by atoms with Crippen molar-refractivity contribution in [2.24, 2.45) is 0 Å². The van der Waals surface area contributed by atoms with Crippen LogP contribution >= 0.6 is 7.26 Å². The molecule has 5 heavy (non-hydrogen) atoms. The third kappa shape index (κ3) is 141. The zero-order valence-electron chi connectivity index (χ0n) is 4.45. The summed E-state index contributed by atoms with van der Waals surface area (Å²) in [6, 6.07) is 0. The first-order chi connectivity index (χ1) is 2.00.